The van der Waals surface area contributed by atoms with E-state index in [4.69, 9.17) is 4.74 Å². The molecule has 142 valence electrons. The Morgan fingerprint density at radius 1 is 1.25 bits per heavy atom. The molecule has 3 heterocycles. The van der Waals surface area contributed by atoms with Crippen molar-refractivity contribution in [3.63, 3.8) is 0 Å². The Labute approximate surface area is 167 Å². The highest BCUT2D eigenvalue weighted by molar-refractivity contribution is 8.00. The molecule has 0 spiro atoms. The Morgan fingerprint density at radius 3 is 2.89 bits per heavy atom. The first kappa shape index (κ1) is 18.4. The van der Waals surface area contributed by atoms with E-state index in [1.54, 1.807) is 11.4 Å². The SMILES string of the molecule is COC(=O)c1sccc1NC(=O)CSc1nc2ccccc2n2c(C)nnc12. The summed E-state index contributed by atoms with van der Waals surface area (Å²) in [5, 5.41) is 13.4. The van der Waals surface area contributed by atoms with Gasteiger partial charge in [-0.3, -0.25) is 9.20 Å². The van der Waals surface area contributed by atoms with Crippen LogP contribution < -0.4 is 5.32 Å². The second-order valence-electron chi connectivity index (χ2n) is 5.80. The molecule has 0 aliphatic rings. The number of nitrogens with zero attached hydrogens (tertiary/aromatic N) is 4. The van der Waals surface area contributed by atoms with Gasteiger partial charge in [-0.25, -0.2) is 9.78 Å². The van der Waals surface area contributed by atoms with Crippen molar-refractivity contribution in [2.24, 2.45) is 0 Å². The lowest BCUT2D eigenvalue weighted by molar-refractivity contribution is -0.113. The number of thioether (sulfide) groups is 1. The van der Waals surface area contributed by atoms with E-state index in [2.05, 4.69) is 20.5 Å². The van der Waals surface area contributed by atoms with E-state index in [1.807, 2.05) is 35.6 Å². The van der Waals surface area contributed by atoms with E-state index in [0.717, 1.165) is 16.9 Å². The molecule has 0 saturated heterocycles. The van der Waals surface area contributed by atoms with Crippen LogP contribution in [0.3, 0.4) is 0 Å². The van der Waals surface area contributed by atoms with Crippen LogP contribution in [0.4, 0.5) is 5.69 Å². The predicted molar refractivity (Wildman–Crippen MR) is 108 cm³/mol. The van der Waals surface area contributed by atoms with Gasteiger partial charge in [-0.1, -0.05) is 23.9 Å². The van der Waals surface area contributed by atoms with Crippen molar-refractivity contribution >= 4 is 57.3 Å². The van der Waals surface area contributed by atoms with E-state index in [0.29, 0.717) is 21.2 Å². The molecule has 0 aliphatic carbocycles. The summed E-state index contributed by atoms with van der Waals surface area (Å²) in [6, 6.07) is 9.38. The van der Waals surface area contributed by atoms with Crippen molar-refractivity contribution in [1.82, 2.24) is 19.6 Å². The van der Waals surface area contributed by atoms with E-state index in [1.165, 1.54) is 30.2 Å². The summed E-state index contributed by atoms with van der Waals surface area (Å²) in [5.41, 5.74) is 2.76. The zero-order chi connectivity index (χ0) is 19.7. The molecule has 0 saturated carbocycles. The number of methoxy groups -OCH3 is 1. The molecule has 8 nitrogen and oxygen atoms in total. The number of aromatic nitrogens is 4. The van der Waals surface area contributed by atoms with Gasteiger partial charge in [-0.15, -0.1) is 21.5 Å². The number of ether oxygens (including phenoxy) is 1. The number of amides is 1. The molecule has 4 rings (SSSR count). The quantitative estimate of drug-likeness (QED) is 0.396. The number of benzene rings is 1. The molecule has 4 aromatic rings. The van der Waals surface area contributed by atoms with Crippen LogP contribution in [-0.2, 0) is 9.53 Å². The maximum absolute atomic E-state index is 12.4. The minimum absolute atomic E-state index is 0.114. The van der Waals surface area contributed by atoms with Crippen molar-refractivity contribution < 1.29 is 14.3 Å². The summed E-state index contributed by atoms with van der Waals surface area (Å²) in [4.78, 5) is 29.1. The summed E-state index contributed by atoms with van der Waals surface area (Å²) in [7, 11) is 1.31. The first-order valence-electron chi connectivity index (χ1n) is 8.27. The number of esters is 1. The highest BCUT2D eigenvalue weighted by atomic mass is 32.2. The van der Waals surface area contributed by atoms with E-state index in [-0.39, 0.29) is 11.7 Å². The van der Waals surface area contributed by atoms with E-state index in [9.17, 15) is 9.59 Å². The van der Waals surface area contributed by atoms with Gasteiger partial charge in [0, 0.05) is 0 Å². The minimum Gasteiger partial charge on any atom is -0.465 e. The van der Waals surface area contributed by atoms with Crippen LogP contribution in [0.2, 0.25) is 0 Å². The Kier molecular flexibility index (Phi) is 4.97. The van der Waals surface area contributed by atoms with Crippen molar-refractivity contribution in [2.75, 3.05) is 18.2 Å². The molecule has 1 amide bonds. The van der Waals surface area contributed by atoms with Gasteiger partial charge in [0.25, 0.3) is 0 Å². The molecular formula is C18H15N5O3S2. The van der Waals surface area contributed by atoms with E-state index < -0.39 is 5.97 Å². The molecule has 0 bridgehead atoms. The van der Waals surface area contributed by atoms with Gasteiger partial charge in [0.1, 0.15) is 15.7 Å². The number of fused-ring (bicyclic) bond motifs is 3. The van der Waals surface area contributed by atoms with Gasteiger partial charge < -0.3 is 10.1 Å². The fourth-order valence-corrected chi connectivity index (χ4v) is 4.30. The highest BCUT2D eigenvalue weighted by Gasteiger charge is 2.17. The van der Waals surface area contributed by atoms with Gasteiger partial charge in [-0.05, 0) is 30.5 Å². The number of anilines is 1. The third-order valence-electron chi connectivity index (χ3n) is 4.01. The summed E-state index contributed by atoms with van der Waals surface area (Å²) >= 11 is 2.48. The van der Waals surface area contributed by atoms with Gasteiger partial charge in [0.05, 0.1) is 29.6 Å². The first-order valence-corrected chi connectivity index (χ1v) is 10.1. The van der Waals surface area contributed by atoms with Crippen LogP contribution in [0.5, 0.6) is 0 Å². The fraction of sp³-hybridized carbons (Fsp3) is 0.167. The maximum atomic E-state index is 12.4. The molecule has 0 radical (unpaired) electrons. The largest absolute Gasteiger partial charge is 0.465 e. The Bertz CT molecular complexity index is 1200. The molecule has 0 atom stereocenters. The average molecular weight is 413 g/mol. The Balaban J connectivity index is 1.56. The van der Waals surface area contributed by atoms with Crippen LogP contribution in [0.15, 0.2) is 40.7 Å². The summed E-state index contributed by atoms with van der Waals surface area (Å²) in [6.45, 7) is 1.87. The topological polar surface area (TPSA) is 98.5 Å². The monoisotopic (exact) mass is 413 g/mol. The van der Waals surface area contributed by atoms with Gasteiger partial charge in [0.2, 0.25) is 5.91 Å². The highest BCUT2D eigenvalue weighted by Crippen LogP contribution is 2.27. The van der Waals surface area contributed by atoms with E-state index >= 15 is 0 Å². The lowest BCUT2D eigenvalue weighted by Gasteiger charge is -2.08. The number of nitrogens with one attached hydrogen (secondary N) is 1. The van der Waals surface area contributed by atoms with Crippen molar-refractivity contribution in [3.05, 3.63) is 46.4 Å². The van der Waals surface area contributed by atoms with Crippen LogP contribution in [0.1, 0.15) is 15.5 Å². The number of carbonyl (C=O) groups excluding carboxylic acids is 2. The zero-order valence-electron chi connectivity index (χ0n) is 15.0. The number of para-hydroxylation sites is 2. The summed E-state index contributed by atoms with van der Waals surface area (Å²) in [6.07, 6.45) is 0. The second kappa shape index (κ2) is 7.56. The van der Waals surface area contributed by atoms with Crippen LogP contribution in [-0.4, -0.2) is 44.3 Å². The number of hydrogen-bond donors (Lipinski definition) is 1. The second-order valence-corrected chi connectivity index (χ2v) is 7.68. The first-order chi connectivity index (χ1) is 13.6. The number of aryl methyl sites for hydroxylation is 1. The average Bonchev–Trinajstić information content (AvgIpc) is 3.32. The van der Waals surface area contributed by atoms with Crippen LogP contribution >= 0.6 is 23.1 Å². The molecule has 1 N–H and O–H groups in total. The molecular weight excluding hydrogens is 398 g/mol. The van der Waals surface area contributed by atoms with Crippen molar-refractivity contribution in [2.45, 2.75) is 11.9 Å². The molecule has 3 aromatic heterocycles. The lowest BCUT2D eigenvalue weighted by atomic mass is 10.3. The maximum Gasteiger partial charge on any atom is 0.350 e. The molecule has 28 heavy (non-hydrogen) atoms. The zero-order valence-corrected chi connectivity index (χ0v) is 16.6. The van der Waals surface area contributed by atoms with Crippen molar-refractivity contribution in [3.8, 4) is 0 Å². The molecule has 0 fully saturated rings. The van der Waals surface area contributed by atoms with Gasteiger partial charge in [0.15, 0.2) is 5.65 Å². The minimum atomic E-state index is -0.477. The lowest BCUT2D eigenvalue weighted by Crippen LogP contribution is -2.16. The smallest absolute Gasteiger partial charge is 0.350 e. The molecule has 0 aliphatic heterocycles. The van der Waals surface area contributed by atoms with Crippen molar-refractivity contribution in [1.29, 1.82) is 0 Å². The summed E-state index contributed by atoms with van der Waals surface area (Å²) < 4.78 is 6.65. The Morgan fingerprint density at radius 2 is 2.07 bits per heavy atom. The van der Waals surface area contributed by atoms with Crippen LogP contribution in [0, 0.1) is 6.92 Å². The van der Waals surface area contributed by atoms with Gasteiger partial charge >= 0.3 is 5.97 Å². The third kappa shape index (κ3) is 3.32. The van der Waals surface area contributed by atoms with Gasteiger partial charge in [-0.2, -0.15) is 0 Å². The molecule has 10 heteroatoms. The Hall–Kier alpha value is -2.98. The normalized spacial score (nSPS) is 11.1. The number of thiophene rings is 1. The number of carbonyl (C=O) groups is 2. The molecule has 1 aromatic carbocycles. The number of hydrogen-bond acceptors (Lipinski definition) is 8. The number of rotatable bonds is 5. The fourth-order valence-electron chi connectivity index (χ4n) is 2.77. The third-order valence-corrected chi connectivity index (χ3v) is 5.86. The van der Waals surface area contributed by atoms with Crippen LogP contribution in [0.25, 0.3) is 16.7 Å². The summed E-state index contributed by atoms with van der Waals surface area (Å²) in [5.74, 6) is 0.136. The molecule has 0 unspecified atom stereocenters. The predicted octanol–water partition coefficient (Wildman–Crippen LogP) is 3.16. The standard InChI is InChI=1S/C18H15N5O3S2/c1-10-21-22-16-17(20-11-5-3-4-6-13(11)23(10)16)28-9-14(24)19-12-7-8-27-15(12)18(25)26-2/h3-8H,9H2,1-2H3,(H,19,24).